The number of rotatable bonds is 4. The zero-order valence-electron chi connectivity index (χ0n) is 9.40. The van der Waals surface area contributed by atoms with Gasteiger partial charge in [0.15, 0.2) is 0 Å². The lowest BCUT2D eigenvalue weighted by molar-refractivity contribution is 0.201. The van der Waals surface area contributed by atoms with Crippen LogP contribution in [0.3, 0.4) is 0 Å². The molecule has 0 saturated heterocycles. The third-order valence-electron chi connectivity index (χ3n) is 4.35. The van der Waals surface area contributed by atoms with Crippen LogP contribution in [0.5, 0.6) is 0 Å². The third-order valence-corrected chi connectivity index (χ3v) is 5.63. The van der Waals surface area contributed by atoms with Crippen molar-refractivity contribution in [3.8, 4) is 0 Å². The summed E-state index contributed by atoms with van der Waals surface area (Å²) < 4.78 is 0. The Hall–Kier alpha value is 0.480. The van der Waals surface area contributed by atoms with E-state index in [0.29, 0.717) is 5.41 Å². The summed E-state index contributed by atoms with van der Waals surface area (Å²) in [7, 11) is 0. The summed E-state index contributed by atoms with van der Waals surface area (Å²) in [6, 6.07) is 0. The minimum Gasteiger partial charge on any atom is -0.0922 e. The third kappa shape index (κ3) is 2.53. The molecule has 0 aliphatic heterocycles. The Labute approximate surface area is 97.0 Å². The van der Waals surface area contributed by atoms with Gasteiger partial charge in [0.25, 0.3) is 0 Å². The lowest BCUT2D eigenvalue weighted by Crippen LogP contribution is -2.26. The predicted octanol–water partition coefficient (Wildman–Crippen LogP) is 4.77. The molecule has 0 spiro atoms. The number of alkyl halides is 1. The molecule has 2 fully saturated rings. The largest absolute Gasteiger partial charge is 0.0922 e. The first-order valence-electron chi connectivity index (χ1n) is 6.30. The summed E-state index contributed by atoms with van der Waals surface area (Å²) in [6.45, 7) is 2.51. The Morgan fingerprint density at radius 2 is 1.71 bits per heavy atom. The van der Waals surface area contributed by atoms with Gasteiger partial charge in [-0.05, 0) is 36.5 Å². The Bertz CT molecular complexity index is 180. The van der Waals surface area contributed by atoms with E-state index in [2.05, 4.69) is 22.9 Å². The van der Waals surface area contributed by atoms with Crippen molar-refractivity contribution in [1.29, 1.82) is 0 Å². The fraction of sp³-hybridized carbons (Fsp3) is 1.00. The lowest BCUT2D eigenvalue weighted by Gasteiger charge is -2.33. The molecule has 0 nitrogen and oxygen atoms in total. The molecule has 0 amide bonds. The maximum absolute atomic E-state index is 3.74. The summed E-state index contributed by atoms with van der Waals surface area (Å²) in [5.74, 6) is 2.09. The maximum atomic E-state index is 3.74. The van der Waals surface area contributed by atoms with Crippen molar-refractivity contribution in [2.75, 3.05) is 5.33 Å². The fourth-order valence-electron chi connectivity index (χ4n) is 3.16. The maximum Gasteiger partial charge on any atom is 0.00880 e. The lowest BCUT2D eigenvalue weighted by atomic mass is 9.74. The van der Waals surface area contributed by atoms with Crippen molar-refractivity contribution in [1.82, 2.24) is 0 Å². The van der Waals surface area contributed by atoms with Crippen molar-refractivity contribution in [2.24, 2.45) is 17.3 Å². The summed E-state index contributed by atoms with van der Waals surface area (Å²) in [5, 5.41) is 1.22. The van der Waals surface area contributed by atoms with E-state index >= 15 is 0 Å². The van der Waals surface area contributed by atoms with Gasteiger partial charge < -0.3 is 0 Å². The number of hydrogen-bond acceptors (Lipinski definition) is 0. The van der Waals surface area contributed by atoms with Crippen molar-refractivity contribution < 1.29 is 0 Å². The van der Waals surface area contributed by atoms with E-state index in [4.69, 9.17) is 0 Å². The molecule has 1 heteroatoms. The SMILES string of the molecule is CC(CBr)(CC1CCCCC1)C1CC1. The van der Waals surface area contributed by atoms with Crippen molar-refractivity contribution in [2.45, 2.75) is 58.3 Å². The van der Waals surface area contributed by atoms with Crippen LogP contribution in [0.1, 0.15) is 58.3 Å². The van der Waals surface area contributed by atoms with E-state index in [-0.39, 0.29) is 0 Å². The van der Waals surface area contributed by atoms with Crippen molar-refractivity contribution in [3.05, 3.63) is 0 Å². The molecular weight excluding hydrogens is 236 g/mol. The molecule has 0 aromatic rings. The number of halogens is 1. The highest BCUT2D eigenvalue weighted by Gasteiger charge is 2.41. The molecule has 82 valence electrons. The number of hydrogen-bond donors (Lipinski definition) is 0. The second kappa shape index (κ2) is 4.55. The average molecular weight is 259 g/mol. The van der Waals surface area contributed by atoms with E-state index in [1.165, 1.54) is 56.7 Å². The van der Waals surface area contributed by atoms with E-state index in [1.54, 1.807) is 0 Å². The second-order valence-electron chi connectivity index (χ2n) is 5.77. The minimum atomic E-state index is 0.627. The van der Waals surface area contributed by atoms with E-state index in [1.807, 2.05) is 0 Å². The molecule has 0 N–H and O–H groups in total. The van der Waals surface area contributed by atoms with Gasteiger partial charge in [0.1, 0.15) is 0 Å². The summed E-state index contributed by atoms with van der Waals surface area (Å²) in [4.78, 5) is 0. The van der Waals surface area contributed by atoms with Crippen molar-refractivity contribution >= 4 is 15.9 Å². The molecule has 0 aromatic carbocycles. The predicted molar refractivity (Wildman–Crippen MR) is 65.8 cm³/mol. The Balaban J connectivity index is 1.86. The fourth-order valence-corrected chi connectivity index (χ4v) is 3.85. The molecule has 14 heavy (non-hydrogen) atoms. The van der Waals surface area contributed by atoms with E-state index < -0.39 is 0 Å². The standard InChI is InChI=1S/C13H23Br/c1-13(10-14,12-7-8-12)9-11-5-3-2-4-6-11/h11-12H,2-10H2,1H3. The molecule has 1 unspecified atom stereocenters. The normalized spacial score (nSPS) is 28.7. The first kappa shape index (κ1) is 11.0. The van der Waals surface area contributed by atoms with Gasteiger partial charge in [0.2, 0.25) is 0 Å². The minimum absolute atomic E-state index is 0.627. The van der Waals surface area contributed by atoms with Crippen LogP contribution in [0.2, 0.25) is 0 Å². The molecule has 2 saturated carbocycles. The second-order valence-corrected chi connectivity index (χ2v) is 6.33. The van der Waals surface area contributed by atoms with Crippen LogP contribution in [-0.2, 0) is 0 Å². The van der Waals surface area contributed by atoms with Crippen LogP contribution >= 0.6 is 15.9 Å². The highest BCUT2D eigenvalue weighted by molar-refractivity contribution is 9.09. The summed E-state index contributed by atoms with van der Waals surface area (Å²) in [5.41, 5.74) is 0.627. The van der Waals surface area contributed by atoms with Gasteiger partial charge in [0, 0.05) is 5.33 Å². The first-order chi connectivity index (χ1) is 6.74. The Morgan fingerprint density at radius 3 is 2.21 bits per heavy atom. The van der Waals surface area contributed by atoms with Gasteiger partial charge in [0.05, 0.1) is 0 Å². The highest BCUT2D eigenvalue weighted by Crippen LogP contribution is 2.51. The van der Waals surface area contributed by atoms with Crippen LogP contribution in [-0.4, -0.2) is 5.33 Å². The van der Waals surface area contributed by atoms with Gasteiger partial charge in [-0.15, -0.1) is 0 Å². The zero-order valence-corrected chi connectivity index (χ0v) is 11.0. The van der Waals surface area contributed by atoms with Crippen LogP contribution in [0, 0.1) is 17.3 Å². The summed E-state index contributed by atoms with van der Waals surface area (Å²) >= 11 is 3.74. The zero-order chi connectivity index (χ0) is 10.0. The van der Waals surface area contributed by atoms with Crippen LogP contribution in [0.25, 0.3) is 0 Å². The first-order valence-corrected chi connectivity index (χ1v) is 7.43. The topological polar surface area (TPSA) is 0 Å². The van der Waals surface area contributed by atoms with Crippen LogP contribution in [0.15, 0.2) is 0 Å². The van der Waals surface area contributed by atoms with E-state index in [9.17, 15) is 0 Å². The van der Waals surface area contributed by atoms with Crippen LogP contribution < -0.4 is 0 Å². The average Bonchev–Trinajstić information content (AvgIpc) is 3.03. The van der Waals surface area contributed by atoms with Crippen LogP contribution in [0.4, 0.5) is 0 Å². The molecular formula is C13H23Br. The monoisotopic (exact) mass is 258 g/mol. The van der Waals surface area contributed by atoms with Crippen molar-refractivity contribution in [3.63, 3.8) is 0 Å². The molecule has 0 heterocycles. The quantitative estimate of drug-likeness (QED) is 0.638. The van der Waals surface area contributed by atoms with Gasteiger partial charge in [-0.2, -0.15) is 0 Å². The molecule has 2 aliphatic rings. The molecule has 0 radical (unpaired) electrons. The van der Waals surface area contributed by atoms with Gasteiger partial charge in [-0.1, -0.05) is 55.0 Å². The smallest absolute Gasteiger partial charge is 0.00880 e. The molecule has 0 bridgehead atoms. The highest BCUT2D eigenvalue weighted by atomic mass is 79.9. The Kier molecular flexibility index (Phi) is 3.57. The molecule has 2 rings (SSSR count). The molecule has 1 atom stereocenters. The van der Waals surface area contributed by atoms with Gasteiger partial charge in [-0.3, -0.25) is 0 Å². The van der Waals surface area contributed by atoms with Gasteiger partial charge in [-0.25, -0.2) is 0 Å². The molecule has 2 aliphatic carbocycles. The van der Waals surface area contributed by atoms with Gasteiger partial charge >= 0.3 is 0 Å². The molecule has 0 aromatic heterocycles. The van der Waals surface area contributed by atoms with E-state index in [0.717, 1.165) is 11.8 Å². The Morgan fingerprint density at radius 1 is 1.07 bits per heavy atom. The summed E-state index contributed by atoms with van der Waals surface area (Å²) in [6.07, 6.45) is 12.0.